The van der Waals surface area contributed by atoms with Crippen LogP contribution >= 0.6 is 0 Å². The van der Waals surface area contributed by atoms with E-state index in [2.05, 4.69) is 9.80 Å². The van der Waals surface area contributed by atoms with E-state index in [1.54, 1.807) is 7.11 Å². The lowest BCUT2D eigenvalue weighted by molar-refractivity contribution is 0.00473. The number of ether oxygens (including phenoxy) is 3. The van der Waals surface area contributed by atoms with Crippen LogP contribution in [0, 0.1) is 0 Å². The largest absolute Gasteiger partial charge is 0.462 e. The van der Waals surface area contributed by atoms with Gasteiger partial charge in [-0.15, -0.1) is 0 Å². The number of rotatable bonds is 13. The van der Waals surface area contributed by atoms with E-state index in [1.165, 1.54) is 63.5 Å². The van der Waals surface area contributed by atoms with Gasteiger partial charge in [-0.05, 0) is 69.7 Å². The number of benzene rings is 1. The molecule has 3 rings (SSSR count). The van der Waals surface area contributed by atoms with Gasteiger partial charge in [-0.25, -0.2) is 4.79 Å². The van der Waals surface area contributed by atoms with Gasteiger partial charge in [0, 0.05) is 58.2 Å². The van der Waals surface area contributed by atoms with Gasteiger partial charge in [0.1, 0.15) is 0 Å². The Morgan fingerprint density at radius 3 is 2.15 bits per heavy atom. The summed E-state index contributed by atoms with van der Waals surface area (Å²) in [4.78, 5) is 17.0. The molecule has 0 atom stereocenters. The van der Waals surface area contributed by atoms with Crippen molar-refractivity contribution in [3.05, 3.63) is 29.8 Å². The summed E-state index contributed by atoms with van der Waals surface area (Å²) in [5.41, 5.74) is 1.82. The molecule has 1 aliphatic heterocycles. The van der Waals surface area contributed by atoms with Crippen LogP contribution in [-0.2, 0) is 14.2 Å². The standard InChI is InChI=1S/C27H44N2O4/c1-3-32-27(30)23-9-11-24(12-10-23)28-17-19-29(20-18-28)25-13-15-26(16-14-25)33-22-8-6-4-5-7-21-31-2/h9-12,25-26H,3-8,13-22H2,1-2H3. The van der Waals surface area contributed by atoms with Crippen LogP contribution in [0.4, 0.5) is 5.69 Å². The molecule has 0 N–H and O–H groups in total. The molecule has 6 heteroatoms. The average molecular weight is 461 g/mol. The van der Waals surface area contributed by atoms with E-state index in [1.807, 2.05) is 31.2 Å². The van der Waals surface area contributed by atoms with Gasteiger partial charge in [0.05, 0.1) is 18.3 Å². The Labute approximate surface area is 200 Å². The minimum Gasteiger partial charge on any atom is -0.462 e. The second-order valence-corrected chi connectivity index (χ2v) is 9.35. The second-order valence-electron chi connectivity index (χ2n) is 9.35. The van der Waals surface area contributed by atoms with Crippen LogP contribution in [0.25, 0.3) is 0 Å². The number of piperazine rings is 1. The Kier molecular flexibility index (Phi) is 11.5. The Bertz CT molecular complexity index is 665. The highest BCUT2D eigenvalue weighted by Crippen LogP contribution is 2.27. The zero-order valence-corrected chi connectivity index (χ0v) is 20.8. The van der Waals surface area contributed by atoms with Gasteiger partial charge in [0.2, 0.25) is 0 Å². The van der Waals surface area contributed by atoms with Gasteiger partial charge >= 0.3 is 5.97 Å². The van der Waals surface area contributed by atoms with Gasteiger partial charge < -0.3 is 19.1 Å². The number of hydrogen-bond donors (Lipinski definition) is 0. The number of methoxy groups -OCH3 is 1. The SMILES string of the molecule is CCOC(=O)c1ccc(N2CCN(C3CCC(OCCCCCCCOC)CC3)CC2)cc1. The van der Waals surface area contributed by atoms with Crippen LogP contribution in [0.3, 0.4) is 0 Å². The Morgan fingerprint density at radius 1 is 0.879 bits per heavy atom. The molecule has 0 radical (unpaired) electrons. The summed E-state index contributed by atoms with van der Waals surface area (Å²) in [6, 6.07) is 8.55. The monoisotopic (exact) mass is 460 g/mol. The van der Waals surface area contributed by atoms with Crippen molar-refractivity contribution in [2.45, 2.75) is 76.9 Å². The van der Waals surface area contributed by atoms with Crippen molar-refractivity contribution in [2.75, 3.05) is 58.0 Å². The molecule has 2 fully saturated rings. The molecule has 186 valence electrons. The first-order valence-corrected chi connectivity index (χ1v) is 13.1. The molecular formula is C27H44N2O4. The lowest BCUT2D eigenvalue weighted by atomic mass is 9.91. The first-order valence-electron chi connectivity index (χ1n) is 13.1. The summed E-state index contributed by atoms with van der Waals surface area (Å²) in [5.74, 6) is -0.244. The normalized spacial score (nSPS) is 21.8. The molecule has 1 aliphatic carbocycles. The number of carbonyl (C=O) groups excluding carboxylic acids is 1. The molecule has 0 spiro atoms. The number of carbonyl (C=O) groups is 1. The van der Waals surface area contributed by atoms with Crippen molar-refractivity contribution >= 4 is 11.7 Å². The lowest BCUT2D eigenvalue weighted by Gasteiger charge is -2.42. The zero-order chi connectivity index (χ0) is 23.3. The number of unbranched alkanes of at least 4 members (excludes halogenated alkanes) is 4. The maximum atomic E-state index is 11.8. The van der Waals surface area contributed by atoms with Crippen molar-refractivity contribution in [1.82, 2.24) is 4.90 Å². The highest BCUT2D eigenvalue weighted by molar-refractivity contribution is 5.89. The van der Waals surface area contributed by atoms with Crippen molar-refractivity contribution < 1.29 is 19.0 Å². The third-order valence-corrected chi connectivity index (χ3v) is 7.06. The summed E-state index contributed by atoms with van der Waals surface area (Å²) in [6.45, 7) is 8.36. The molecule has 33 heavy (non-hydrogen) atoms. The van der Waals surface area contributed by atoms with E-state index in [4.69, 9.17) is 14.2 Å². The van der Waals surface area contributed by atoms with Crippen LogP contribution < -0.4 is 4.90 Å². The fourth-order valence-corrected chi connectivity index (χ4v) is 5.07. The molecule has 1 saturated heterocycles. The summed E-state index contributed by atoms with van der Waals surface area (Å²) in [7, 11) is 1.78. The van der Waals surface area contributed by atoms with Gasteiger partial charge in [0.15, 0.2) is 0 Å². The smallest absolute Gasteiger partial charge is 0.338 e. The van der Waals surface area contributed by atoms with E-state index in [0.717, 1.165) is 39.4 Å². The quantitative estimate of drug-likeness (QED) is 0.308. The third kappa shape index (κ3) is 8.58. The van der Waals surface area contributed by atoms with E-state index in [-0.39, 0.29) is 5.97 Å². The predicted molar refractivity (Wildman–Crippen MR) is 133 cm³/mol. The number of esters is 1. The predicted octanol–water partition coefficient (Wildman–Crippen LogP) is 4.91. The van der Waals surface area contributed by atoms with Crippen LogP contribution in [0.1, 0.15) is 75.1 Å². The van der Waals surface area contributed by atoms with Gasteiger partial charge in [-0.1, -0.05) is 19.3 Å². The van der Waals surface area contributed by atoms with Crippen LogP contribution in [0.15, 0.2) is 24.3 Å². The van der Waals surface area contributed by atoms with E-state index in [9.17, 15) is 4.79 Å². The molecule has 6 nitrogen and oxygen atoms in total. The minimum atomic E-state index is -0.244. The highest BCUT2D eigenvalue weighted by Gasteiger charge is 2.28. The maximum Gasteiger partial charge on any atom is 0.338 e. The van der Waals surface area contributed by atoms with Gasteiger partial charge in [0.25, 0.3) is 0 Å². The summed E-state index contributed by atoms with van der Waals surface area (Å²) in [6.07, 6.45) is 11.6. The average Bonchev–Trinajstić information content (AvgIpc) is 2.86. The number of hydrogen-bond acceptors (Lipinski definition) is 6. The van der Waals surface area contributed by atoms with E-state index < -0.39 is 0 Å². The van der Waals surface area contributed by atoms with Crippen LogP contribution in [0.2, 0.25) is 0 Å². The van der Waals surface area contributed by atoms with Crippen LogP contribution in [0.5, 0.6) is 0 Å². The zero-order valence-electron chi connectivity index (χ0n) is 20.8. The molecule has 0 amide bonds. The van der Waals surface area contributed by atoms with Gasteiger partial charge in [-0.3, -0.25) is 4.90 Å². The van der Waals surface area contributed by atoms with Crippen molar-refractivity contribution in [3.8, 4) is 0 Å². The van der Waals surface area contributed by atoms with Crippen molar-refractivity contribution in [2.24, 2.45) is 0 Å². The maximum absolute atomic E-state index is 11.8. The molecular weight excluding hydrogens is 416 g/mol. The van der Waals surface area contributed by atoms with E-state index >= 15 is 0 Å². The van der Waals surface area contributed by atoms with E-state index in [0.29, 0.717) is 24.3 Å². The number of nitrogens with zero attached hydrogens (tertiary/aromatic N) is 2. The molecule has 2 aliphatic rings. The summed E-state index contributed by atoms with van der Waals surface area (Å²) >= 11 is 0. The van der Waals surface area contributed by atoms with Crippen LogP contribution in [-0.4, -0.2) is 76.1 Å². The lowest BCUT2D eigenvalue weighted by Crippen LogP contribution is -2.51. The molecule has 0 aromatic heterocycles. The Balaban J connectivity index is 1.28. The summed E-state index contributed by atoms with van der Waals surface area (Å²) in [5, 5.41) is 0. The van der Waals surface area contributed by atoms with Gasteiger partial charge in [-0.2, -0.15) is 0 Å². The third-order valence-electron chi connectivity index (χ3n) is 7.06. The fraction of sp³-hybridized carbons (Fsp3) is 0.741. The second kappa shape index (κ2) is 14.6. The number of anilines is 1. The minimum absolute atomic E-state index is 0.244. The fourth-order valence-electron chi connectivity index (χ4n) is 5.07. The Morgan fingerprint density at radius 2 is 1.52 bits per heavy atom. The first kappa shape index (κ1) is 26.0. The molecule has 0 bridgehead atoms. The summed E-state index contributed by atoms with van der Waals surface area (Å²) < 4.78 is 16.4. The highest BCUT2D eigenvalue weighted by atomic mass is 16.5. The van der Waals surface area contributed by atoms with Crippen molar-refractivity contribution in [1.29, 1.82) is 0 Å². The molecule has 1 saturated carbocycles. The first-order chi connectivity index (χ1) is 16.2. The molecule has 0 unspecified atom stereocenters. The topological polar surface area (TPSA) is 51.2 Å². The Hall–Kier alpha value is -1.63. The molecule has 1 aromatic carbocycles. The molecule has 1 aromatic rings. The van der Waals surface area contributed by atoms with Crippen molar-refractivity contribution in [3.63, 3.8) is 0 Å². The molecule has 1 heterocycles.